The molecule has 7 heteroatoms. The van der Waals surface area contributed by atoms with Crippen LogP contribution < -0.4 is 10.9 Å². The van der Waals surface area contributed by atoms with Gasteiger partial charge in [-0.1, -0.05) is 5.16 Å². The average molecular weight is 207 g/mol. The Labute approximate surface area is 84.6 Å². The van der Waals surface area contributed by atoms with Gasteiger partial charge in [-0.3, -0.25) is 4.79 Å². The first kappa shape index (κ1) is 9.38. The third kappa shape index (κ3) is 2.39. The summed E-state index contributed by atoms with van der Waals surface area (Å²) in [5, 5.41) is 6.59. The predicted octanol–water partition coefficient (Wildman–Crippen LogP) is 0.0734. The number of nitrogens with zero attached hydrogens (tertiary/aromatic N) is 3. The maximum absolute atomic E-state index is 10.9. The van der Waals surface area contributed by atoms with Crippen LogP contribution >= 0.6 is 0 Å². The summed E-state index contributed by atoms with van der Waals surface area (Å²) < 4.78 is 4.79. The molecular formula is C8H9N5O2. The molecule has 0 unspecified atom stereocenters. The van der Waals surface area contributed by atoms with E-state index >= 15 is 0 Å². The lowest BCUT2D eigenvalue weighted by Crippen LogP contribution is -2.09. The Bertz CT molecular complexity index is 503. The summed E-state index contributed by atoms with van der Waals surface area (Å²) in [7, 11) is 0. The van der Waals surface area contributed by atoms with Crippen molar-refractivity contribution >= 4 is 5.82 Å². The van der Waals surface area contributed by atoms with Crippen molar-refractivity contribution in [3.63, 3.8) is 0 Å². The van der Waals surface area contributed by atoms with Crippen LogP contribution in [0.2, 0.25) is 0 Å². The van der Waals surface area contributed by atoms with Crippen LogP contribution in [0, 0.1) is 6.92 Å². The highest BCUT2D eigenvalue weighted by Gasteiger charge is 2.01. The van der Waals surface area contributed by atoms with Crippen molar-refractivity contribution in [2.75, 3.05) is 5.32 Å². The van der Waals surface area contributed by atoms with Crippen molar-refractivity contribution in [3.8, 4) is 0 Å². The number of H-pyrrole nitrogens is 1. The van der Waals surface area contributed by atoms with Crippen LogP contribution in [-0.4, -0.2) is 20.1 Å². The summed E-state index contributed by atoms with van der Waals surface area (Å²) >= 11 is 0. The molecule has 0 aromatic carbocycles. The lowest BCUT2D eigenvalue weighted by molar-refractivity contribution is 0.388. The van der Waals surface area contributed by atoms with Crippen LogP contribution in [0.25, 0.3) is 0 Å². The summed E-state index contributed by atoms with van der Waals surface area (Å²) in [6.07, 6.45) is 1.33. The average Bonchev–Trinajstić information content (AvgIpc) is 2.62. The third-order valence-corrected chi connectivity index (χ3v) is 1.68. The fraction of sp³-hybridized carbons (Fsp3) is 0.250. The van der Waals surface area contributed by atoms with Gasteiger partial charge in [-0.25, -0.2) is 4.98 Å². The Morgan fingerprint density at radius 1 is 1.60 bits per heavy atom. The zero-order valence-corrected chi connectivity index (χ0v) is 8.02. The van der Waals surface area contributed by atoms with E-state index in [1.807, 2.05) is 0 Å². The maximum atomic E-state index is 10.9. The number of aromatic amines is 1. The number of aromatic nitrogens is 4. The number of hydrogen-bond acceptors (Lipinski definition) is 6. The van der Waals surface area contributed by atoms with Crippen molar-refractivity contribution in [2.45, 2.75) is 13.5 Å². The Morgan fingerprint density at radius 2 is 2.47 bits per heavy atom. The van der Waals surface area contributed by atoms with Gasteiger partial charge in [-0.05, 0) is 0 Å². The lowest BCUT2D eigenvalue weighted by atomic mass is 10.5. The van der Waals surface area contributed by atoms with Crippen molar-refractivity contribution < 1.29 is 4.52 Å². The van der Waals surface area contributed by atoms with Crippen LogP contribution in [0.15, 0.2) is 21.7 Å². The number of anilines is 1. The molecule has 2 N–H and O–H groups in total. The standard InChI is InChI=1S/C8H9N5O2/c1-5-12-7(13-15-5)3-9-6-2-8(14)11-4-10-6/h2,4H,3H2,1H3,(H2,9,10,11,14). The zero-order chi connectivity index (χ0) is 10.7. The van der Waals surface area contributed by atoms with Gasteiger partial charge < -0.3 is 14.8 Å². The van der Waals surface area contributed by atoms with Crippen LogP contribution in [0.1, 0.15) is 11.7 Å². The summed E-state index contributed by atoms with van der Waals surface area (Å²) in [4.78, 5) is 21.2. The molecule has 0 bridgehead atoms. The molecule has 0 aliphatic rings. The van der Waals surface area contributed by atoms with Gasteiger partial charge in [-0.2, -0.15) is 4.98 Å². The highest BCUT2D eigenvalue weighted by Crippen LogP contribution is 2.00. The van der Waals surface area contributed by atoms with Crippen molar-refractivity contribution in [2.24, 2.45) is 0 Å². The lowest BCUT2D eigenvalue weighted by Gasteiger charge is -1.99. The SMILES string of the molecule is Cc1nc(CNc2cc(=O)[nH]cn2)no1. The molecule has 78 valence electrons. The first-order valence-electron chi connectivity index (χ1n) is 4.32. The molecule has 0 saturated heterocycles. The molecule has 0 atom stereocenters. The smallest absolute Gasteiger partial charge is 0.252 e. The van der Waals surface area contributed by atoms with Gasteiger partial charge in [0.15, 0.2) is 5.82 Å². The molecule has 0 amide bonds. The molecule has 0 radical (unpaired) electrons. The second-order valence-electron chi connectivity index (χ2n) is 2.88. The maximum Gasteiger partial charge on any atom is 0.252 e. The molecule has 2 aromatic rings. The molecule has 2 aromatic heterocycles. The summed E-state index contributed by atoms with van der Waals surface area (Å²) in [6, 6.07) is 1.35. The van der Waals surface area contributed by atoms with E-state index in [0.29, 0.717) is 24.1 Å². The van der Waals surface area contributed by atoms with Crippen LogP contribution in [0.5, 0.6) is 0 Å². The van der Waals surface area contributed by atoms with Gasteiger partial charge in [0.1, 0.15) is 5.82 Å². The fourth-order valence-corrected chi connectivity index (χ4v) is 1.05. The van der Waals surface area contributed by atoms with Gasteiger partial charge in [0.05, 0.1) is 12.9 Å². The number of aryl methyl sites for hydroxylation is 1. The van der Waals surface area contributed by atoms with Gasteiger partial charge >= 0.3 is 0 Å². The Hall–Kier alpha value is -2.18. The van der Waals surface area contributed by atoms with Crippen LogP contribution in [0.4, 0.5) is 5.82 Å². The minimum atomic E-state index is -0.211. The van der Waals surface area contributed by atoms with Crippen molar-refractivity contribution in [3.05, 3.63) is 34.5 Å². The van der Waals surface area contributed by atoms with E-state index in [0.717, 1.165) is 0 Å². The molecule has 0 fully saturated rings. The van der Waals surface area contributed by atoms with Crippen LogP contribution in [0.3, 0.4) is 0 Å². The zero-order valence-electron chi connectivity index (χ0n) is 8.02. The van der Waals surface area contributed by atoms with E-state index < -0.39 is 0 Å². The predicted molar refractivity (Wildman–Crippen MR) is 51.2 cm³/mol. The van der Waals surface area contributed by atoms with Gasteiger partial charge in [0.2, 0.25) is 5.89 Å². The molecule has 2 rings (SSSR count). The molecule has 0 aliphatic carbocycles. The van der Waals surface area contributed by atoms with Crippen molar-refractivity contribution in [1.82, 2.24) is 20.1 Å². The van der Waals surface area contributed by atoms with E-state index in [1.54, 1.807) is 6.92 Å². The Balaban J connectivity index is 2.02. The molecule has 0 saturated carbocycles. The quantitative estimate of drug-likeness (QED) is 0.739. The Kier molecular flexibility index (Phi) is 2.44. The normalized spacial score (nSPS) is 10.2. The second kappa shape index (κ2) is 3.91. The fourth-order valence-electron chi connectivity index (χ4n) is 1.05. The van der Waals surface area contributed by atoms with Crippen LogP contribution in [-0.2, 0) is 6.54 Å². The number of nitrogens with one attached hydrogen (secondary N) is 2. The monoisotopic (exact) mass is 207 g/mol. The largest absolute Gasteiger partial charge is 0.362 e. The molecular weight excluding hydrogens is 198 g/mol. The van der Waals surface area contributed by atoms with Gasteiger partial charge in [0, 0.05) is 13.0 Å². The van der Waals surface area contributed by atoms with Crippen molar-refractivity contribution in [1.29, 1.82) is 0 Å². The van der Waals surface area contributed by atoms with E-state index in [9.17, 15) is 4.79 Å². The first-order chi connectivity index (χ1) is 7.24. The number of rotatable bonds is 3. The van der Waals surface area contributed by atoms with Gasteiger partial charge in [0.25, 0.3) is 5.56 Å². The minimum absolute atomic E-state index is 0.211. The highest BCUT2D eigenvalue weighted by molar-refractivity contribution is 5.31. The molecule has 15 heavy (non-hydrogen) atoms. The van der Waals surface area contributed by atoms with E-state index in [4.69, 9.17) is 4.52 Å². The van der Waals surface area contributed by atoms with E-state index in [1.165, 1.54) is 12.4 Å². The summed E-state index contributed by atoms with van der Waals surface area (Å²) in [5.74, 6) is 1.50. The number of hydrogen-bond donors (Lipinski definition) is 2. The molecule has 0 spiro atoms. The third-order valence-electron chi connectivity index (χ3n) is 1.68. The summed E-state index contributed by atoms with van der Waals surface area (Å²) in [5.41, 5.74) is -0.211. The molecule has 7 nitrogen and oxygen atoms in total. The topological polar surface area (TPSA) is 96.7 Å². The Morgan fingerprint density at radius 3 is 3.13 bits per heavy atom. The highest BCUT2D eigenvalue weighted by atomic mass is 16.5. The van der Waals surface area contributed by atoms with E-state index in [2.05, 4.69) is 25.4 Å². The first-order valence-corrected chi connectivity index (χ1v) is 4.32. The minimum Gasteiger partial charge on any atom is -0.362 e. The second-order valence-corrected chi connectivity index (χ2v) is 2.88. The van der Waals surface area contributed by atoms with E-state index in [-0.39, 0.29) is 5.56 Å². The molecule has 0 aliphatic heterocycles. The molecule has 2 heterocycles. The summed E-state index contributed by atoms with van der Waals surface area (Å²) in [6.45, 7) is 2.08. The van der Waals surface area contributed by atoms with Gasteiger partial charge in [-0.15, -0.1) is 0 Å².